The third-order valence-corrected chi connectivity index (χ3v) is 2.43. The summed E-state index contributed by atoms with van der Waals surface area (Å²) in [7, 11) is 1.58. The zero-order chi connectivity index (χ0) is 15.0. The minimum atomic E-state index is -0.932. The summed E-state index contributed by atoms with van der Waals surface area (Å²) in [6, 6.07) is -0.728. The van der Waals surface area contributed by atoms with Crippen molar-refractivity contribution in [2.24, 2.45) is 0 Å². The van der Waals surface area contributed by atoms with E-state index in [1.165, 1.54) is 12.4 Å². The lowest BCUT2D eigenvalue weighted by Gasteiger charge is -2.15. The first-order valence-corrected chi connectivity index (χ1v) is 6.50. The van der Waals surface area contributed by atoms with Crippen LogP contribution in [-0.4, -0.2) is 46.9 Å². The molecule has 0 amide bonds. The Hall–Kier alpha value is -1.89. The summed E-state index contributed by atoms with van der Waals surface area (Å²) in [5.41, 5.74) is 0. The number of anilines is 1. The number of hydrogen-bond donors (Lipinski definition) is 2. The van der Waals surface area contributed by atoms with Crippen LogP contribution in [0.4, 0.5) is 5.82 Å². The fourth-order valence-corrected chi connectivity index (χ4v) is 1.58. The molecule has 0 fully saturated rings. The molecular formula is C13H21N3O4. The van der Waals surface area contributed by atoms with Gasteiger partial charge in [0.25, 0.3) is 0 Å². The van der Waals surface area contributed by atoms with Crippen LogP contribution in [0.25, 0.3) is 0 Å². The Bertz CT molecular complexity index is 426. The summed E-state index contributed by atoms with van der Waals surface area (Å²) in [4.78, 5) is 19.3. The van der Waals surface area contributed by atoms with Gasteiger partial charge in [-0.2, -0.15) is 4.98 Å². The Morgan fingerprint density at radius 3 is 2.80 bits per heavy atom. The van der Waals surface area contributed by atoms with Gasteiger partial charge in [-0.3, -0.25) is 4.98 Å². The topological polar surface area (TPSA) is 93.6 Å². The molecule has 20 heavy (non-hydrogen) atoms. The van der Waals surface area contributed by atoms with Crippen molar-refractivity contribution in [3.05, 3.63) is 12.4 Å². The summed E-state index contributed by atoms with van der Waals surface area (Å²) in [5, 5.41) is 12.0. The molecule has 1 atom stereocenters. The first kappa shape index (κ1) is 16.2. The Morgan fingerprint density at radius 2 is 2.20 bits per heavy atom. The SMILES string of the molecule is COCCCC(Nc1cncc(OC(C)C)n1)C(=O)O. The monoisotopic (exact) mass is 283 g/mol. The third-order valence-electron chi connectivity index (χ3n) is 2.43. The summed E-state index contributed by atoms with van der Waals surface area (Å²) in [5.74, 6) is -0.183. The molecule has 1 rings (SSSR count). The highest BCUT2D eigenvalue weighted by Crippen LogP contribution is 2.13. The largest absolute Gasteiger partial charge is 0.480 e. The van der Waals surface area contributed by atoms with E-state index >= 15 is 0 Å². The predicted molar refractivity (Wildman–Crippen MR) is 74.0 cm³/mol. The smallest absolute Gasteiger partial charge is 0.326 e. The summed E-state index contributed by atoms with van der Waals surface area (Å²) >= 11 is 0. The van der Waals surface area contributed by atoms with E-state index in [4.69, 9.17) is 14.6 Å². The minimum Gasteiger partial charge on any atom is -0.480 e. The van der Waals surface area contributed by atoms with Gasteiger partial charge in [0.1, 0.15) is 11.9 Å². The molecule has 0 aromatic carbocycles. The molecule has 0 aliphatic rings. The number of carboxylic acid groups (broad SMARTS) is 1. The summed E-state index contributed by atoms with van der Waals surface area (Å²) in [6.07, 6.45) is 4.04. The lowest BCUT2D eigenvalue weighted by molar-refractivity contribution is -0.138. The van der Waals surface area contributed by atoms with Crippen LogP contribution >= 0.6 is 0 Å². The van der Waals surface area contributed by atoms with E-state index in [-0.39, 0.29) is 6.10 Å². The van der Waals surface area contributed by atoms with Crippen LogP contribution in [0.2, 0.25) is 0 Å². The van der Waals surface area contributed by atoms with Gasteiger partial charge in [0.15, 0.2) is 0 Å². The van der Waals surface area contributed by atoms with E-state index in [0.717, 1.165) is 0 Å². The molecule has 1 heterocycles. The maximum Gasteiger partial charge on any atom is 0.326 e. The highest BCUT2D eigenvalue weighted by molar-refractivity contribution is 5.76. The lowest BCUT2D eigenvalue weighted by atomic mass is 10.1. The van der Waals surface area contributed by atoms with E-state index in [9.17, 15) is 4.79 Å². The van der Waals surface area contributed by atoms with E-state index in [1.54, 1.807) is 7.11 Å². The van der Waals surface area contributed by atoms with Gasteiger partial charge in [0.05, 0.1) is 18.5 Å². The van der Waals surface area contributed by atoms with Crippen molar-refractivity contribution in [3.8, 4) is 5.88 Å². The molecule has 0 aliphatic carbocycles. The van der Waals surface area contributed by atoms with Crippen molar-refractivity contribution in [3.63, 3.8) is 0 Å². The molecule has 0 radical (unpaired) electrons. The number of carboxylic acids is 1. The molecule has 1 unspecified atom stereocenters. The predicted octanol–water partition coefficient (Wildman–Crippen LogP) is 1.56. The molecule has 0 aliphatic heterocycles. The van der Waals surface area contributed by atoms with E-state index in [0.29, 0.717) is 31.1 Å². The molecule has 7 heteroatoms. The fourth-order valence-electron chi connectivity index (χ4n) is 1.58. The second-order valence-electron chi connectivity index (χ2n) is 4.58. The molecule has 0 bridgehead atoms. The average molecular weight is 283 g/mol. The van der Waals surface area contributed by atoms with Crippen molar-refractivity contribution in [1.29, 1.82) is 0 Å². The standard InChI is InChI=1S/C13H21N3O4/c1-9(2)20-12-8-14-7-11(16-12)15-10(13(17)18)5-4-6-19-3/h7-10H,4-6H2,1-3H3,(H,15,16)(H,17,18). The summed E-state index contributed by atoms with van der Waals surface area (Å²) in [6.45, 7) is 4.28. The number of carbonyl (C=O) groups is 1. The number of ether oxygens (including phenoxy) is 2. The highest BCUT2D eigenvalue weighted by Gasteiger charge is 2.17. The first-order chi connectivity index (χ1) is 9.52. The van der Waals surface area contributed by atoms with Crippen molar-refractivity contribution in [1.82, 2.24) is 9.97 Å². The number of hydrogen-bond acceptors (Lipinski definition) is 6. The average Bonchev–Trinajstić information content (AvgIpc) is 2.37. The van der Waals surface area contributed by atoms with Crippen molar-refractivity contribution < 1.29 is 19.4 Å². The Kier molecular flexibility index (Phi) is 6.72. The second kappa shape index (κ2) is 8.31. The fraction of sp³-hybridized carbons (Fsp3) is 0.615. The van der Waals surface area contributed by atoms with Gasteiger partial charge in [0, 0.05) is 13.7 Å². The van der Waals surface area contributed by atoms with Crippen LogP contribution in [0.1, 0.15) is 26.7 Å². The lowest BCUT2D eigenvalue weighted by Crippen LogP contribution is -2.30. The molecule has 112 valence electrons. The number of aliphatic carboxylic acids is 1. The molecule has 0 spiro atoms. The maximum absolute atomic E-state index is 11.2. The maximum atomic E-state index is 11.2. The van der Waals surface area contributed by atoms with Gasteiger partial charge in [-0.1, -0.05) is 0 Å². The zero-order valence-corrected chi connectivity index (χ0v) is 12.0. The minimum absolute atomic E-state index is 0.0171. The second-order valence-corrected chi connectivity index (χ2v) is 4.58. The third kappa shape index (κ3) is 5.83. The molecule has 1 aromatic rings. The normalized spacial score (nSPS) is 12.2. The number of nitrogens with zero attached hydrogens (tertiary/aromatic N) is 2. The Labute approximate surface area is 118 Å². The first-order valence-electron chi connectivity index (χ1n) is 6.50. The number of methoxy groups -OCH3 is 1. The van der Waals surface area contributed by atoms with Crippen LogP contribution in [0.5, 0.6) is 5.88 Å². The summed E-state index contributed by atoms with van der Waals surface area (Å²) < 4.78 is 10.3. The van der Waals surface area contributed by atoms with Gasteiger partial charge >= 0.3 is 5.97 Å². The molecule has 1 aromatic heterocycles. The van der Waals surface area contributed by atoms with Crippen molar-refractivity contribution in [2.45, 2.75) is 38.8 Å². The van der Waals surface area contributed by atoms with Crippen LogP contribution < -0.4 is 10.1 Å². The quantitative estimate of drug-likeness (QED) is 0.664. The Morgan fingerprint density at radius 1 is 1.45 bits per heavy atom. The van der Waals surface area contributed by atoms with Crippen LogP contribution in [0.3, 0.4) is 0 Å². The number of aromatic nitrogens is 2. The van der Waals surface area contributed by atoms with Gasteiger partial charge < -0.3 is 19.9 Å². The Balaban J connectivity index is 2.65. The van der Waals surface area contributed by atoms with Crippen LogP contribution in [0, 0.1) is 0 Å². The van der Waals surface area contributed by atoms with Crippen molar-refractivity contribution >= 4 is 11.8 Å². The van der Waals surface area contributed by atoms with E-state index < -0.39 is 12.0 Å². The van der Waals surface area contributed by atoms with Crippen molar-refractivity contribution in [2.75, 3.05) is 19.0 Å². The van der Waals surface area contributed by atoms with Gasteiger partial charge in [-0.15, -0.1) is 0 Å². The molecule has 2 N–H and O–H groups in total. The van der Waals surface area contributed by atoms with E-state index in [1.807, 2.05) is 13.8 Å². The van der Waals surface area contributed by atoms with Gasteiger partial charge in [-0.05, 0) is 26.7 Å². The number of rotatable bonds is 9. The van der Waals surface area contributed by atoms with Gasteiger partial charge in [0.2, 0.25) is 5.88 Å². The van der Waals surface area contributed by atoms with E-state index in [2.05, 4.69) is 15.3 Å². The molecule has 7 nitrogen and oxygen atoms in total. The number of nitrogens with one attached hydrogen (secondary N) is 1. The highest BCUT2D eigenvalue weighted by atomic mass is 16.5. The van der Waals surface area contributed by atoms with Crippen LogP contribution in [0.15, 0.2) is 12.4 Å². The zero-order valence-electron chi connectivity index (χ0n) is 12.0. The van der Waals surface area contributed by atoms with Gasteiger partial charge in [-0.25, -0.2) is 4.79 Å². The molecule has 0 saturated carbocycles. The molecular weight excluding hydrogens is 262 g/mol. The molecule has 0 saturated heterocycles. The van der Waals surface area contributed by atoms with Crippen LogP contribution in [-0.2, 0) is 9.53 Å².